The summed E-state index contributed by atoms with van der Waals surface area (Å²) in [6, 6.07) is 10.1. The van der Waals surface area contributed by atoms with Crippen molar-refractivity contribution in [3.63, 3.8) is 0 Å². The Morgan fingerprint density at radius 2 is 2.00 bits per heavy atom. The number of aromatic amines is 1. The summed E-state index contributed by atoms with van der Waals surface area (Å²) in [4.78, 5) is 16.4. The summed E-state index contributed by atoms with van der Waals surface area (Å²) in [5.41, 5.74) is 2.11. The SMILES string of the molecule is CC(CNC(=O)c1cn[nH]c1-c1ccccc1F)c1ccncc1. The number of amides is 1. The van der Waals surface area contributed by atoms with Gasteiger partial charge in [-0.15, -0.1) is 0 Å². The molecule has 0 aliphatic rings. The normalized spacial score (nSPS) is 11.9. The Bertz CT molecular complexity index is 832. The lowest BCUT2D eigenvalue weighted by molar-refractivity contribution is 0.0952. The summed E-state index contributed by atoms with van der Waals surface area (Å²) in [7, 11) is 0. The minimum atomic E-state index is -0.402. The van der Waals surface area contributed by atoms with Crippen molar-refractivity contribution in [1.82, 2.24) is 20.5 Å². The van der Waals surface area contributed by atoms with Crippen LogP contribution in [0.5, 0.6) is 0 Å². The first-order valence-electron chi connectivity index (χ1n) is 7.63. The molecule has 1 aromatic carbocycles. The van der Waals surface area contributed by atoms with E-state index in [1.165, 1.54) is 12.3 Å². The maximum absolute atomic E-state index is 13.9. The average molecular weight is 324 g/mol. The van der Waals surface area contributed by atoms with Gasteiger partial charge < -0.3 is 5.32 Å². The van der Waals surface area contributed by atoms with E-state index < -0.39 is 5.82 Å². The van der Waals surface area contributed by atoms with Gasteiger partial charge in [0.1, 0.15) is 5.82 Å². The fourth-order valence-electron chi connectivity index (χ4n) is 2.48. The van der Waals surface area contributed by atoms with Crippen molar-refractivity contribution in [1.29, 1.82) is 0 Å². The second-order valence-electron chi connectivity index (χ2n) is 5.53. The molecule has 0 bridgehead atoms. The number of halogens is 1. The van der Waals surface area contributed by atoms with Crippen LogP contribution in [0.4, 0.5) is 4.39 Å². The van der Waals surface area contributed by atoms with Crippen molar-refractivity contribution in [3.05, 3.63) is 71.9 Å². The molecule has 0 radical (unpaired) electrons. The van der Waals surface area contributed by atoms with Gasteiger partial charge in [0.2, 0.25) is 0 Å². The zero-order chi connectivity index (χ0) is 16.9. The van der Waals surface area contributed by atoms with E-state index in [1.54, 1.807) is 30.6 Å². The summed E-state index contributed by atoms with van der Waals surface area (Å²) in [6.45, 7) is 2.48. The van der Waals surface area contributed by atoms with Gasteiger partial charge in [-0.3, -0.25) is 14.9 Å². The predicted molar refractivity (Wildman–Crippen MR) is 89.0 cm³/mol. The number of hydrogen-bond acceptors (Lipinski definition) is 3. The topological polar surface area (TPSA) is 70.7 Å². The number of rotatable bonds is 5. The molecule has 122 valence electrons. The van der Waals surface area contributed by atoms with Crippen molar-refractivity contribution in [2.75, 3.05) is 6.54 Å². The minimum absolute atomic E-state index is 0.140. The van der Waals surface area contributed by atoms with Crippen LogP contribution >= 0.6 is 0 Å². The number of hydrogen-bond donors (Lipinski definition) is 2. The van der Waals surface area contributed by atoms with Gasteiger partial charge in [-0.25, -0.2) is 4.39 Å². The first-order valence-corrected chi connectivity index (χ1v) is 7.63. The zero-order valence-electron chi connectivity index (χ0n) is 13.2. The molecule has 1 amide bonds. The molecule has 3 aromatic rings. The monoisotopic (exact) mass is 324 g/mol. The molecular weight excluding hydrogens is 307 g/mol. The lowest BCUT2D eigenvalue weighted by atomic mass is 10.0. The lowest BCUT2D eigenvalue weighted by Crippen LogP contribution is -2.27. The number of benzene rings is 1. The second-order valence-corrected chi connectivity index (χ2v) is 5.53. The maximum atomic E-state index is 13.9. The number of pyridine rings is 1. The van der Waals surface area contributed by atoms with E-state index in [4.69, 9.17) is 0 Å². The molecule has 24 heavy (non-hydrogen) atoms. The van der Waals surface area contributed by atoms with Crippen molar-refractivity contribution in [3.8, 4) is 11.3 Å². The fraction of sp³-hybridized carbons (Fsp3) is 0.167. The van der Waals surface area contributed by atoms with Crippen LogP contribution in [0.1, 0.15) is 28.8 Å². The van der Waals surface area contributed by atoms with Crippen LogP contribution in [0.3, 0.4) is 0 Å². The van der Waals surface area contributed by atoms with Crippen molar-refractivity contribution >= 4 is 5.91 Å². The molecule has 0 saturated heterocycles. The number of carbonyl (C=O) groups excluding carboxylic acids is 1. The number of nitrogens with one attached hydrogen (secondary N) is 2. The van der Waals surface area contributed by atoms with Crippen molar-refractivity contribution in [2.45, 2.75) is 12.8 Å². The van der Waals surface area contributed by atoms with Gasteiger partial charge in [-0.1, -0.05) is 19.1 Å². The number of carbonyl (C=O) groups is 1. The average Bonchev–Trinajstić information content (AvgIpc) is 3.10. The van der Waals surface area contributed by atoms with Gasteiger partial charge >= 0.3 is 0 Å². The molecule has 0 aliphatic heterocycles. The van der Waals surface area contributed by atoms with Gasteiger partial charge in [-0.2, -0.15) is 5.10 Å². The molecule has 6 heteroatoms. The fourth-order valence-corrected chi connectivity index (χ4v) is 2.48. The van der Waals surface area contributed by atoms with Crippen LogP contribution in [0.15, 0.2) is 55.0 Å². The maximum Gasteiger partial charge on any atom is 0.255 e. The molecular formula is C18H17FN4O. The van der Waals surface area contributed by atoms with Gasteiger partial charge in [0.25, 0.3) is 5.91 Å². The van der Waals surface area contributed by atoms with Crippen LogP contribution in [-0.4, -0.2) is 27.6 Å². The molecule has 1 atom stereocenters. The third-order valence-corrected chi connectivity index (χ3v) is 3.87. The van der Waals surface area contributed by atoms with Gasteiger partial charge in [0.05, 0.1) is 17.5 Å². The Balaban J connectivity index is 1.73. The van der Waals surface area contributed by atoms with E-state index in [0.717, 1.165) is 5.56 Å². The van der Waals surface area contributed by atoms with E-state index >= 15 is 0 Å². The molecule has 2 aromatic heterocycles. The first kappa shape index (κ1) is 15.9. The molecule has 2 N–H and O–H groups in total. The Morgan fingerprint density at radius 3 is 2.75 bits per heavy atom. The Kier molecular flexibility index (Phi) is 4.65. The standard InChI is InChI=1S/C18H17FN4O/c1-12(13-6-8-20-9-7-13)10-21-18(24)15-11-22-23-17(15)14-4-2-3-5-16(14)19/h2-9,11-12H,10H2,1H3,(H,21,24)(H,22,23). The smallest absolute Gasteiger partial charge is 0.255 e. The molecule has 3 rings (SSSR count). The first-order chi connectivity index (χ1) is 11.7. The Labute approximate surface area is 138 Å². The Hall–Kier alpha value is -3.02. The third-order valence-electron chi connectivity index (χ3n) is 3.87. The van der Waals surface area contributed by atoms with Crippen molar-refractivity contribution in [2.24, 2.45) is 0 Å². The molecule has 2 heterocycles. The minimum Gasteiger partial charge on any atom is -0.351 e. The van der Waals surface area contributed by atoms with Crippen molar-refractivity contribution < 1.29 is 9.18 Å². The van der Waals surface area contributed by atoms with E-state index in [9.17, 15) is 9.18 Å². The van der Waals surface area contributed by atoms with Crippen LogP contribution in [0.25, 0.3) is 11.3 Å². The van der Waals surface area contributed by atoms with E-state index in [1.807, 2.05) is 19.1 Å². The van der Waals surface area contributed by atoms with E-state index in [-0.39, 0.29) is 11.8 Å². The quantitative estimate of drug-likeness (QED) is 0.757. The molecule has 0 spiro atoms. The van der Waals surface area contributed by atoms with Gasteiger partial charge in [-0.05, 0) is 35.7 Å². The largest absolute Gasteiger partial charge is 0.351 e. The summed E-state index contributed by atoms with van der Waals surface area (Å²) in [6.07, 6.45) is 4.86. The van der Waals surface area contributed by atoms with Crippen LogP contribution < -0.4 is 5.32 Å². The molecule has 0 fully saturated rings. The molecule has 1 unspecified atom stereocenters. The highest BCUT2D eigenvalue weighted by molar-refractivity contribution is 5.99. The number of nitrogens with zero attached hydrogens (tertiary/aromatic N) is 2. The molecule has 5 nitrogen and oxygen atoms in total. The Morgan fingerprint density at radius 1 is 1.25 bits per heavy atom. The summed E-state index contributed by atoms with van der Waals surface area (Å²) < 4.78 is 13.9. The van der Waals surface area contributed by atoms with Crippen LogP contribution in [0.2, 0.25) is 0 Å². The highest BCUT2D eigenvalue weighted by Gasteiger charge is 2.18. The second kappa shape index (κ2) is 7.04. The third kappa shape index (κ3) is 3.32. The van der Waals surface area contributed by atoms with E-state index in [2.05, 4.69) is 20.5 Å². The number of aromatic nitrogens is 3. The van der Waals surface area contributed by atoms with Crippen LogP contribution in [-0.2, 0) is 0 Å². The molecule has 0 saturated carbocycles. The summed E-state index contributed by atoms with van der Waals surface area (Å²) >= 11 is 0. The molecule has 0 aliphatic carbocycles. The van der Waals surface area contributed by atoms with Gasteiger partial charge in [0.15, 0.2) is 0 Å². The lowest BCUT2D eigenvalue weighted by Gasteiger charge is -2.13. The predicted octanol–water partition coefficient (Wildman–Crippen LogP) is 3.14. The summed E-state index contributed by atoms with van der Waals surface area (Å²) in [5, 5.41) is 9.46. The summed E-state index contributed by atoms with van der Waals surface area (Å²) in [5.74, 6) is -0.551. The number of H-pyrrole nitrogens is 1. The van der Waals surface area contributed by atoms with Crippen LogP contribution in [0, 0.1) is 5.82 Å². The van der Waals surface area contributed by atoms with Gasteiger partial charge in [0, 0.05) is 24.5 Å². The highest BCUT2D eigenvalue weighted by atomic mass is 19.1. The van der Waals surface area contributed by atoms with E-state index in [0.29, 0.717) is 23.4 Å². The highest BCUT2D eigenvalue weighted by Crippen LogP contribution is 2.24. The zero-order valence-corrected chi connectivity index (χ0v) is 13.2.